The molecule has 4 rings (SSSR count). The number of aryl methyl sites for hydroxylation is 1. The molecule has 0 radical (unpaired) electrons. The van der Waals surface area contributed by atoms with Crippen LogP contribution in [0.25, 0.3) is 11.3 Å². The molecule has 1 heterocycles. The molecule has 20 heavy (non-hydrogen) atoms. The maximum absolute atomic E-state index is 4.48. The minimum absolute atomic E-state index is 0.827. The summed E-state index contributed by atoms with van der Waals surface area (Å²) in [5, 5.41) is 0. The van der Waals surface area contributed by atoms with Crippen LogP contribution in [0.5, 0.6) is 0 Å². The molecule has 0 amide bonds. The maximum Gasteiger partial charge on any atom is 0.0704 e. The Hall–Kier alpha value is -1.63. The van der Waals surface area contributed by atoms with Crippen LogP contribution in [-0.4, -0.2) is 4.98 Å². The van der Waals surface area contributed by atoms with Gasteiger partial charge in [-0.25, -0.2) is 0 Å². The molecule has 2 bridgehead atoms. The van der Waals surface area contributed by atoms with E-state index >= 15 is 0 Å². The van der Waals surface area contributed by atoms with Gasteiger partial charge in [-0.2, -0.15) is 0 Å². The van der Waals surface area contributed by atoms with Gasteiger partial charge in [0.05, 0.1) is 5.69 Å². The van der Waals surface area contributed by atoms with Crippen molar-refractivity contribution in [3.63, 3.8) is 0 Å². The monoisotopic (exact) mass is 263 g/mol. The van der Waals surface area contributed by atoms with E-state index in [-0.39, 0.29) is 0 Å². The number of nitrogens with zero attached hydrogens (tertiary/aromatic N) is 1. The lowest BCUT2D eigenvalue weighted by Crippen LogP contribution is -2.08. The first-order valence-electron chi connectivity index (χ1n) is 7.82. The van der Waals surface area contributed by atoms with E-state index in [0.717, 1.165) is 23.4 Å². The van der Waals surface area contributed by atoms with Gasteiger partial charge in [-0.15, -0.1) is 0 Å². The fraction of sp³-hybridized carbons (Fsp3) is 0.421. The molecule has 102 valence electrons. The highest BCUT2D eigenvalue weighted by Crippen LogP contribution is 2.52. The zero-order valence-corrected chi connectivity index (χ0v) is 12.0. The Morgan fingerprint density at radius 1 is 1.00 bits per heavy atom. The molecule has 2 aliphatic rings. The molecule has 0 N–H and O–H groups in total. The quantitative estimate of drug-likeness (QED) is 0.746. The van der Waals surface area contributed by atoms with Gasteiger partial charge in [0.15, 0.2) is 0 Å². The van der Waals surface area contributed by atoms with E-state index in [2.05, 4.69) is 42.2 Å². The summed E-state index contributed by atoms with van der Waals surface area (Å²) < 4.78 is 0. The number of rotatable bonds is 2. The third-order valence-electron chi connectivity index (χ3n) is 5.29. The Labute approximate surface area is 121 Å². The molecule has 2 aromatic rings. The minimum Gasteiger partial charge on any atom is -0.256 e. The third-order valence-corrected chi connectivity index (χ3v) is 5.29. The number of benzene rings is 1. The Morgan fingerprint density at radius 3 is 2.50 bits per heavy atom. The van der Waals surface area contributed by atoms with Gasteiger partial charge in [0.2, 0.25) is 0 Å². The maximum atomic E-state index is 4.48. The van der Waals surface area contributed by atoms with Gasteiger partial charge in [-0.05, 0) is 67.2 Å². The molecule has 0 spiro atoms. The van der Waals surface area contributed by atoms with Crippen LogP contribution in [0.15, 0.2) is 42.6 Å². The van der Waals surface area contributed by atoms with E-state index in [1.807, 2.05) is 12.3 Å². The second kappa shape index (κ2) is 4.73. The van der Waals surface area contributed by atoms with Crippen molar-refractivity contribution in [3.8, 4) is 11.3 Å². The molecule has 1 aromatic heterocycles. The Morgan fingerprint density at radius 2 is 1.85 bits per heavy atom. The number of hydrogen-bond acceptors (Lipinski definition) is 1. The van der Waals surface area contributed by atoms with Crippen molar-refractivity contribution >= 4 is 0 Å². The van der Waals surface area contributed by atoms with Crippen molar-refractivity contribution in [2.45, 2.75) is 38.5 Å². The third kappa shape index (κ3) is 2.06. The average molecular weight is 263 g/mol. The highest BCUT2D eigenvalue weighted by atomic mass is 14.7. The predicted octanol–water partition coefficient (Wildman–Crippen LogP) is 4.96. The summed E-state index contributed by atoms with van der Waals surface area (Å²) in [6.45, 7) is 2.12. The van der Waals surface area contributed by atoms with Crippen LogP contribution in [-0.2, 0) is 0 Å². The Bertz CT molecular complexity index is 614. The summed E-state index contributed by atoms with van der Waals surface area (Å²) >= 11 is 0. The van der Waals surface area contributed by atoms with E-state index < -0.39 is 0 Å². The SMILES string of the molecule is Cc1ccnc(-c2ccc(C3CC4CCC3C4)cc2)c1. The lowest BCUT2D eigenvalue weighted by Gasteiger charge is -2.22. The van der Waals surface area contributed by atoms with Crippen LogP contribution >= 0.6 is 0 Å². The number of aromatic nitrogens is 1. The molecule has 1 nitrogen and oxygen atoms in total. The number of pyridine rings is 1. The molecular formula is C19H21N. The summed E-state index contributed by atoms with van der Waals surface area (Å²) in [5.41, 5.74) is 5.14. The summed E-state index contributed by atoms with van der Waals surface area (Å²) in [5.74, 6) is 2.80. The van der Waals surface area contributed by atoms with Gasteiger partial charge < -0.3 is 0 Å². The minimum atomic E-state index is 0.827. The van der Waals surface area contributed by atoms with Gasteiger partial charge in [-0.1, -0.05) is 30.7 Å². The van der Waals surface area contributed by atoms with E-state index in [0.29, 0.717) is 0 Å². The highest BCUT2D eigenvalue weighted by molar-refractivity contribution is 5.60. The summed E-state index contributed by atoms with van der Waals surface area (Å²) in [6.07, 6.45) is 7.73. The molecule has 0 aliphatic heterocycles. The van der Waals surface area contributed by atoms with Crippen LogP contribution in [0.4, 0.5) is 0 Å². The van der Waals surface area contributed by atoms with Gasteiger partial charge in [0.25, 0.3) is 0 Å². The number of fused-ring (bicyclic) bond motifs is 2. The van der Waals surface area contributed by atoms with E-state index in [1.165, 1.54) is 36.8 Å². The first-order valence-corrected chi connectivity index (χ1v) is 7.82. The van der Waals surface area contributed by atoms with Gasteiger partial charge in [0.1, 0.15) is 0 Å². The van der Waals surface area contributed by atoms with Crippen LogP contribution in [0, 0.1) is 18.8 Å². The van der Waals surface area contributed by atoms with Crippen molar-refractivity contribution in [3.05, 3.63) is 53.7 Å². The smallest absolute Gasteiger partial charge is 0.0704 e. The van der Waals surface area contributed by atoms with Crippen LogP contribution in [0.3, 0.4) is 0 Å². The van der Waals surface area contributed by atoms with Crippen LogP contribution in [0.1, 0.15) is 42.7 Å². The summed E-state index contributed by atoms with van der Waals surface area (Å²) in [6, 6.07) is 13.4. The fourth-order valence-electron chi connectivity index (χ4n) is 4.25. The highest BCUT2D eigenvalue weighted by Gasteiger charge is 2.39. The molecule has 2 saturated carbocycles. The molecule has 3 atom stereocenters. The Balaban J connectivity index is 1.60. The first-order chi connectivity index (χ1) is 9.79. The Kier molecular flexibility index (Phi) is 2.87. The zero-order chi connectivity index (χ0) is 13.5. The summed E-state index contributed by atoms with van der Waals surface area (Å²) in [4.78, 5) is 4.48. The lowest BCUT2D eigenvalue weighted by molar-refractivity contribution is 0.420. The van der Waals surface area contributed by atoms with Crippen molar-refractivity contribution in [2.24, 2.45) is 11.8 Å². The molecule has 1 heteroatoms. The average Bonchev–Trinajstić information content (AvgIpc) is 3.10. The predicted molar refractivity (Wildman–Crippen MR) is 82.6 cm³/mol. The standard InChI is InChI=1S/C19H21N/c1-13-8-9-20-19(10-13)16-6-4-15(5-7-16)18-12-14-2-3-17(18)11-14/h4-10,14,17-18H,2-3,11-12H2,1H3. The molecule has 1 aromatic carbocycles. The normalized spacial score (nSPS) is 27.9. The van der Waals surface area contributed by atoms with Crippen molar-refractivity contribution in [1.29, 1.82) is 0 Å². The van der Waals surface area contributed by atoms with E-state index in [4.69, 9.17) is 0 Å². The fourth-order valence-corrected chi connectivity index (χ4v) is 4.25. The van der Waals surface area contributed by atoms with Crippen molar-refractivity contribution < 1.29 is 0 Å². The van der Waals surface area contributed by atoms with Gasteiger partial charge >= 0.3 is 0 Å². The van der Waals surface area contributed by atoms with E-state index in [9.17, 15) is 0 Å². The van der Waals surface area contributed by atoms with Crippen molar-refractivity contribution in [1.82, 2.24) is 4.98 Å². The first kappa shape index (κ1) is 12.1. The molecular weight excluding hydrogens is 242 g/mol. The van der Waals surface area contributed by atoms with E-state index in [1.54, 1.807) is 5.56 Å². The van der Waals surface area contributed by atoms with Crippen molar-refractivity contribution in [2.75, 3.05) is 0 Å². The molecule has 2 fully saturated rings. The lowest BCUT2D eigenvalue weighted by atomic mass is 9.83. The topological polar surface area (TPSA) is 12.9 Å². The van der Waals surface area contributed by atoms with Gasteiger partial charge in [-0.3, -0.25) is 4.98 Å². The summed E-state index contributed by atoms with van der Waals surface area (Å²) in [7, 11) is 0. The molecule has 2 aliphatic carbocycles. The van der Waals surface area contributed by atoms with Crippen LogP contribution < -0.4 is 0 Å². The largest absolute Gasteiger partial charge is 0.256 e. The molecule has 0 saturated heterocycles. The zero-order valence-electron chi connectivity index (χ0n) is 12.0. The van der Waals surface area contributed by atoms with Gasteiger partial charge in [0, 0.05) is 11.8 Å². The second-order valence-electron chi connectivity index (χ2n) is 6.62. The molecule has 3 unspecified atom stereocenters. The second-order valence-corrected chi connectivity index (χ2v) is 6.62. The number of hydrogen-bond donors (Lipinski definition) is 0. The van der Waals surface area contributed by atoms with Crippen LogP contribution in [0.2, 0.25) is 0 Å².